The summed E-state index contributed by atoms with van der Waals surface area (Å²) in [4.78, 5) is 13.1. The Kier molecular flexibility index (Phi) is 6.11. The molecule has 0 spiro atoms. The molecule has 0 aromatic heterocycles. The molecular formula is C19H19F3N2O5S. The third-order valence-corrected chi connectivity index (χ3v) is 5.66. The van der Waals surface area contributed by atoms with Gasteiger partial charge in [-0.2, -0.15) is 13.2 Å². The van der Waals surface area contributed by atoms with Gasteiger partial charge in [-0.3, -0.25) is 9.52 Å². The third-order valence-electron chi connectivity index (χ3n) is 4.29. The minimum atomic E-state index is -4.36. The number of rotatable bonds is 6. The van der Waals surface area contributed by atoms with Gasteiger partial charge in [0.25, 0.3) is 15.9 Å². The molecule has 11 heteroatoms. The summed E-state index contributed by atoms with van der Waals surface area (Å²) >= 11 is 0. The van der Waals surface area contributed by atoms with Crippen LogP contribution in [0.5, 0.6) is 11.5 Å². The summed E-state index contributed by atoms with van der Waals surface area (Å²) in [6.45, 7) is 0.228. The monoisotopic (exact) mass is 444 g/mol. The van der Waals surface area contributed by atoms with Crippen molar-refractivity contribution in [3.63, 3.8) is 0 Å². The number of hydrogen-bond donors (Lipinski definition) is 1. The van der Waals surface area contributed by atoms with E-state index >= 15 is 0 Å². The molecule has 2 aromatic carbocycles. The fourth-order valence-corrected chi connectivity index (χ4v) is 3.78. The fourth-order valence-electron chi connectivity index (χ4n) is 2.70. The van der Waals surface area contributed by atoms with Gasteiger partial charge >= 0.3 is 6.18 Å². The molecule has 30 heavy (non-hydrogen) atoms. The van der Waals surface area contributed by atoms with Gasteiger partial charge in [0.05, 0.1) is 11.3 Å². The SMILES string of the molecule is CN(CCC(F)(F)F)C(=O)c1ccc(NS(=O)(=O)c2ccc3c(c2)OCCO3)cc1. The first-order valence-corrected chi connectivity index (χ1v) is 10.4. The lowest BCUT2D eigenvalue weighted by Gasteiger charge is -2.19. The molecule has 0 saturated heterocycles. The number of alkyl halides is 3. The van der Waals surface area contributed by atoms with Crippen molar-refractivity contribution in [2.45, 2.75) is 17.5 Å². The van der Waals surface area contributed by atoms with E-state index in [1.165, 1.54) is 49.5 Å². The summed E-state index contributed by atoms with van der Waals surface area (Å²) in [6.07, 6.45) is -5.47. The number of amides is 1. The number of benzene rings is 2. The molecule has 0 aliphatic carbocycles. The van der Waals surface area contributed by atoms with Crippen molar-refractivity contribution in [2.24, 2.45) is 0 Å². The summed E-state index contributed by atoms with van der Waals surface area (Å²) in [6, 6.07) is 9.64. The summed E-state index contributed by atoms with van der Waals surface area (Å²) in [5.41, 5.74) is 0.335. The van der Waals surface area contributed by atoms with Gasteiger partial charge in [-0.05, 0) is 36.4 Å². The average Bonchev–Trinajstić information content (AvgIpc) is 2.71. The number of hydrogen-bond acceptors (Lipinski definition) is 5. The van der Waals surface area contributed by atoms with Crippen molar-refractivity contribution in [3.05, 3.63) is 48.0 Å². The number of anilines is 1. The second-order valence-corrected chi connectivity index (χ2v) is 8.26. The van der Waals surface area contributed by atoms with Gasteiger partial charge in [-0.1, -0.05) is 0 Å². The molecule has 0 fully saturated rings. The first-order valence-electron chi connectivity index (χ1n) is 8.90. The van der Waals surface area contributed by atoms with Crippen molar-refractivity contribution >= 4 is 21.6 Å². The fraction of sp³-hybridized carbons (Fsp3) is 0.316. The van der Waals surface area contributed by atoms with E-state index in [2.05, 4.69) is 4.72 Å². The van der Waals surface area contributed by atoms with Crippen LogP contribution in [0.4, 0.5) is 18.9 Å². The summed E-state index contributed by atoms with van der Waals surface area (Å²) in [5.74, 6) is 0.185. The summed E-state index contributed by atoms with van der Waals surface area (Å²) in [5, 5.41) is 0. The number of carbonyl (C=O) groups excluding carboxylic acids is 1. The van der Waals surface area contributed by atoms with Crippen LogP contribution in [-0.2, 0) is 10.0 Å². The van der Waals surface area contributed by atoms with Crippen LogP contribution in [0.25, 0.3) is 0 Å². The Morgan fingerprint density at radius 3 is 2.33 bits per heavy atom. The lowest BCUT2D eigenvalue weighted by atomic mass is 10.2. The Morgan fingerprint density at radius 1 is 1.07 bits per heavy atom. The Balaban J connectivity index is 1.68. The van der Waals surface area contributed by atoms with Crippen molar-refractivity contribution in [3.8, 4) is 11.5 Å². The molecule has 2 aromatic rings. The first-order chi connectivity index (χ1) is 14.0. The molecule has 0 saturated carbocycles. The van der Waals surface area contributed by atoms with Gasteiger partial charge in [0, 0.05) is 30.9 Å². The smallest absolute Gasteiger partial charge is 0.390 e. The standard InChI is InChI=1S/C19H19F3N2O5S/c1-24(9-8-19(20,21)22)18(25)13-2-4-14(5-3-13)23-30(26,27)15-6-7-16-17(12-15)29-11-10-28-16/h2-7,12,23H,8-11H2,1H3. The maximum absolute atomic E-state index is 12.6. The maximum Gasteiger partial charge on any atom is 0.390 e. The molecule has 7 nitrogen and oxygen atoms in total. The van der Waals surface area contributed by atoms with E-state index < -0.39 is 35.1 Å². The van der Waals surface area contributed by atoms with E-state index in [9.17, 15) is 26.4 Å². The number of halogens is 3. The van der Waals surface area contributed by atoms with Crippen molar-refractivity contribution < 1.29 is 35.9 Å². The molecule has 0 unspecified atom stereocenters. The highest BCUT2D eigenvalue weighted by Gasteiger charge is 2.28. The van der Waals surface area contributed by atoms with E-state index in [1.807, 2.05) is 0 Å². The first kappa shape index (κ1) is 21.8. The molecule has 1 aliphatic heterocycles. The Hall–Kier alpha value is -2.95. The summed E-state index contributed by atoms with van der Waals surface area (Å²) < 4.78 is 75.3. The lowest BCUT2D eigenvalue weighted by Crippen LogP contribution is -2.30. The predicted molar refractivity (Wildman–Crippen MR) is 102 cm³/mol. The molecule has 3 rings (SSSR count). The normalized spacial score (nSPS) is 13.6. The van der Waals surface area contributed by atoms with Gasteiger partial charge in [0.1, 0.15) is 13.2 Å². The van der Waals surface area contributed by atoms with Crippen LogP contribution in [0.15, 0.2) is 47.4 Å². The van der Waals surface area contributed by atoms with Crippen LogP contribution in [-0.4, -0.2) is 52.2 Å². The van der Waals surface area contributed by atoms with Crippen LogP contribution in [0.1, 0.15) is 16.8 Å². The second kappa shape index (κ2) is 8.42. The highest BCUT2D eigenvalue weighted by molar-refractivity contribution is 7.92. The minimum absolute atomic E-state index is 0.0289. The Labute approximate surface area is 171 Å². The topological polar surface area (TPSA) is 84.9 Å². The zero-order valence-corrected chi connectivity index (χ0v) is 16.7. The molecule has 162 valence electrons. The maximum atomic E-state index is 12.6. The van der Waals surface area contributed by atoms with E-state index in [-0.39, 0.29) is 16.1 Å². The number of ether oxygens (including phenoxy) is 2. The molecule has 1 amide bonds. The van der Waals surface area contributed by atoms with Crippen molar-refractivity contribution in [1.82, 2.24) is 4.90 Å². The number of carbonyl (C=O) groups is 1. The number of fused-ring (bicyclic) bond motifs is 1. The Bertz CT molecular complexity index is 1020. The lowest BCUT2D eigenvalue weighted by molar-refractivity contribution is -0.136. The van der Waals surface area contributed by atoms with Gasteiger partial charge in [-0.25, -0.2) is 8.42 Å². The zero-order chi connectivity index (χ0) is 21.9. The van der Waals surface area contributed by atoms with Gasteiger partial charge in [0.2, 0.25) is 0 Å². The molecule has 1 heterocycles. The van der Waals surface area contributed by atoms with E-state index in [1.54, 1.807) is 0 Å². The molecule has 0 atom stereocenters. The quantitative estimate of drug-likeness (QED) is 0.739. The third kappa shape index (κ3) is 5.35. The van der Waals surface area contributed by atoms with Crippen LogP contribution in [0.2, 0.25) is 0 Å². The molecular weight excluding hydrogens is 425 g/mol. The average molecular weight is 444 g/mol. The van der Waals surface area contributed by atoms with Crippen LogP contribution in [0, 0.1) is 0 Å². The number of sulfonamides is 1. The van der Waals surface area contributed by atoms with Crippen molar-refractivity contribution in [1.29, 1.82) is 0 Å². The minimum Gasteiger partial charge on any atom is -0.486 e. The van der Waals surface area contributed by atoms with Crippen LogP contribution >= 0.6 is 0 Å². The van der Waals surface area contributed by atoms with Crippen molar-refractivity contribution in [2.75, 3.05) is 31.5 Å². The molecule has 1 N–H and O–H groups in total. The predicted octanol–water partition coefficient (Wildman–Crippen LogP) is 3.28. The number of nitrogens with zero attached hydrogens (tertiary/aromatic N) is 1. The van der Waals surface area contributed by atoms with E-state index in [0.717, 1.165) is 4.90 Å². The highest BCUT2D eigenvalue weighted by Crippen LogP contribution is 2.32. The summed E-state index contributed by atoms with van der Waals surface area (Å²) in [7, 11) is -2.66. The molecule has 1 aliphatic rings. The van der Waals surface area contributed by atoms with Gasteiger partial charge < -0.3 is 14.4 Å². The number of nitrogens with one attached hydrogen (secondary N) is 1. The Morgan fingerprint density at radius 2 is 1.70 bits per heavy atom. The highest BCUT2D eigenvalue weighted by atomic mass is 32.2. The van der Waals surface area contributed by atoms with Crippen LogP contribution in [0.3, 0.4) is 0 Å². The van der Waals surface area contributed by atoms with Gasteiger partial charge in [0.15, 0.2) is 11.5 Å². The molecule has 0 bridgehead atoms. The van der Waals surface area contributed by atoms with Gasteiger partial charge in [-0.15, -0.1) is 0 Å². The van der Waals surface area contributed by atoms with Crippen LogP contribution < -0.4 is 14.2 Å². The van der Waals surface area contributed by atoms with E-state index in [4.69, 9.17) is 9.47 Å². The molecule has 0 radical (unpaired) electrons. The second-order valence-electron chi connectivity index (χ2n) is 6.58. The largest absolute Gasteiger partial charge is 0.486 e. The van der Waals surface area contributed by atoms with E-state index in [0.29, 0.717) is 24.7 Å². The zero-order valence-electron chi connectivity index (χ0n) is 15.9.